The summed E-state index contributed by atoms with van der Waals surface area (Å²) in [6.07, 6.45) is -0.201. The Morgan fingerprint density at radius 3 is 2.87 bits per heavy atom. The molecule has 0 saturated carbocycles. The van der Waals surface area contributed by atoms with Gasteiger partial charge in [-0.05, 0) is 19.4 Å². The van der Waals surface area contributed by atoms with E-state index >= 15 is 0 Å². The molecule has 0 aliphatic carbocycles. The van der Waals surface area contributed by atoms with Gasteiger partial charge in [0.2, 0.25) is 0 Å². The van der Waals surface area contributed by atoms with Gasteiger partial charge in [-0.1, -0.05) is 23.8 Å². The van der Waals surface area contributed by atoms with E-state index in [1.54, 1.807) is 0 Å². The first-order chi connectivity index (χ1) is 7.20. The Hall–Kier alpha value is -0.900. The summed E-state index contributed by atoms with van der Waals surface area (Å²) in [6, 6.07) is 6.29. The fourth-order valence-corrected chi connectivity index (χ4v) is 1.75. The zero-order chi connectivity index (χ0) is 10.8. The van der Waals surface area contributed by atoms with E-state index in [1.807, 2.05) is 0 Å². The maximum Gasteiger partial charge on any atom is 0.184 e. The largest absolute Gasteiger partial charge is 0.346 e. The second-order valence-corrected chi connectivity index (χ2v) is 4.02. The maximum atomic E-state index is 5.69. The molecule has 1 aromatic rings. The average molecular weight is 207 g/mol. The van der Waals surface area contributed by atoms with E-state index in [4.69, 9.17) is 15.2 Å². The predicted molar refractivity (Wildman–Crippen MR) is 58.5 cm³/mol. The van der Waals surface area contributed by atoms with Crippen molar-refractivity contribution in [3.8, 4) is 0 Å². The van der Waals surface area contributed by atoms with E-state index in [2.05, 4.69) is 32.0 Å². The van der Waals surface area contributed by atoms with Crippen molar-refractivity contribution in [1.82, 2.24) is 0 Å². The van der Waals surface area contributed by atoms with Crippen LogP contribution in [-0.4, -0.2) is 19.3 Å². The normalized spacial score (nSPS) is 25.8. The lowest BCUT2D eigenvalue weighted by atomic mass is 10.1. The summed E-state index contributed by atoms with van der Waals surface area (Å²) in [4.78, 5) is 0. The van der Waals surface area contributed by atoms with E-state index in [-0.39, 0.29) is 12.4 Å². The van der Waals surface area contributed by atoms with Gasteiger partial charge in [0.25, 0.3) is 0 Å². The minimum atomic E-state index is -0.238. The number of hydrogen-bond donors (Lipinski definition) is 1. The van der Waals surface area contributed by atoms with Crippen LogP contribution in [0.4, 0.5) is 0 Å². The molecular formula is C12H17NO2. The summed E-state index contributed by atoms with van der Waals surface area (Å²) in [5, 5.41) is 0. The van der Waals surface area contributed by atoms with E-state index in [0.717, 1.165) is 5.56 Å². The van der Waals surface area contributed by atoms with Crippen LogP contribution in [-0.2, 0) is 9.47 Å². The lowest BCUT2D eigenvalue weighted by Crippen LogP contribution is -2.21. The highest BCUT2D eigenvalue weighted by molar-refractivity contribution is 5.31. The van der Waals surface area contributed by atoms with Crippen molar-refractivity contribution in [1.29, 1.82) is 0 Å². The zero-order valence-electron chi connectivity index (χ0n) is 9.19. The molecule has 0 aromatic heterocycles. The van der Waals surface area contributed by atoms with Crippen LogP contribution in [0.5, 0.6) is 0 Å². The number of rotatable bonds is 2. The Morgan fingerprint density at radius 2 is 2.20 bits per heavy atom. The SMILES string of the molecule is Cc1ccc(C)c(C2OCC(CN)O2)c1. The lowest BCUT2D eigenvalue weighted by molar-refractivity contribution is -0.0589. The molecule has 1 aliphatic heterocycles. The standard InChI is InChI=1S/C12H17NO2/c1-8-3-4-9(2)11(5-8)12-14-7-10(6-13)15-12/h3-5,10,12H,6-7,13H2,1-2H3. The van der Waals surface area contributed by atoms with Gasteiger partial charge < -0.3 is 15.2 Å². The van der Waals surface area contributed by atoms with Gasteiger partial charge in [-0.25, -0.2) is 0 Å². The van der Waals surface area contributed by atoms with Crippen molar-refractivity contribution in [3.05, 3.63) is 34.9 Å². The molecule has 2 N–H and O–H groups in total. The molecule has 0 bridgehead atoms. The van der Waals surface area contributed by atoms with E-state index in [9.17, 15) is 0 Å². The first-order valence-electron chi connectivity index (χ1n) is 5.25. The van der Waals surface area contributed by atoms with E-state index in [1.165, 1.54) is 11.1 Å². The van der Waals surface area contributed by atoms with Gasteiger partial charge in [0, 0.05) is 12.1 Å². The van der Waals surface area contributed by atoms with Crippen molar-refractivity contribution in [2.45, 2.75) is 26.2 Å². The summed E-state index contributed by atoms with van der Waals surface area (Å²) in [5.74, 6) is 0. The first-order valence-corrected chi connectivity index (χ1v) is 5.25. The fourth-order valence-electron chi connectivity index (χ4n) is 1.75. The number of aryl methyl sites for hydroxylation is 2. The molecule has 1 fully saturated rings. The third-order valence-electron chi connectivity index (χ3n) is 2.70. The molecule has 1 heterocycles. The van der Waals surface area contributed by atoms with Gasteiger partial charge in [0.05, 0.1) is 12.7 Å². The molecular weight excluding hydrogens is 190 g/mol. The molecule has 1 aromatic carbocycles. The van der Waals surface area contributed by atoms with E-state index < -0.39 is 0 Å². The lowest BCUT2D eigenvalue weighted by Gasteiger charge is -2.14. The average Bonchev–Trinajstić information content (AvgIpc) is 2.70. The Balaban J connectivity index is 2.19. The van der Waals surface area contributed by atoms with Crippen molar-refractivity contribution in [3.63, 3.8) is 0 Å². The van der Waals surface area contributed by atoms with Crippen LogP contribution < -0.4 is 5.73 Å². The van der Waals surface area contributed by atoms with Gasteiger partial charge >= 0.3 is 0 Å². The molecule has 0 radical (unpaired) electrons. The monoisotopic (exact) mass is 207 g/mol. The van der Waals surface area contributed by atoms with Gasteiger partial charge in [0.1, 0.15) is 0 Å². The van der Waals surface area contributed by atoms with Crippen molar-refractivity contribution in [2.24, 2.45) is 5.73 Å². The highest BCUT2D eigenvalue weighted by atomic mass is 16.7. The van der Waals surface area contributed by atoms with Gasteiger partial charge in [-0.3, -0.25) is 0 Å². The summed E-state index contributed by atoms with van der Waals surface area (Å²) in [7, 11) is 0. The Kier molecular flexibility index (Phi) is 3.05. The zero-order valence-corrected chi connectivity index (χ0v) is 9.19. The second-order valence-electron chi connectivity index (χ2n) is 4.02. The van der Waals surface area contributed by atoms with Crippen LogP contribution in [0, 0.1) is 13.8 Å². The molecule has 0 amide bonds. The van der Waals surface area contributed by atoms with Gasteiger partial charge in [-0.15, -0.1) is 0 Å². The van der Waals surface area contributed by atoms with Crippen molar-refractivity contribution < 1.29 is 9.47 Å². The number of benzene rings is 1. The van der Waals surface area contributed by atoms with Gasteiger partial charge in [0.15, 0.2) is 6.29 Å². The van der Waals surface area contributed by atoms with Crippen LogP contribution in [0.15, 0.2) is 18.2 Å². The van der Waals surface area contributed by atoms with Crippen LogP contribution >= 0.6 is 0 Å². The van der Waals surface area contributed by atoms with Crippen LogP contribution in [0.25, 0.3) is 0 Å². The number of ether oxygens (including phenoxy) is 2. The molecule has 1 saturated heterocycles. The number of nitrogens with two attached hydrogens (primary N) is 1. The highest BCUT2D eigenvalue weighted by Crippen LogP contribution is 2.29. The summed E-state index contributed by atoms with van der Waals surface area (Å²) in [5.41, 5.74) is 9.07. The smallest absolute Gasteiger partial charge is 0.184 e. The Morgan fingerprint density at radius 1 is 1.40 bits per heavy atom. The third kappa shape index (κ3) is 2.20. The van der Waals surface area contributed by atoms with Crippen LogP contribution in [0.1, 0.15) is 23.0 Å². The second kappa shape index (κ2) is 4.31. The Bertz CT molecular complexity index is 351. The fraction of sp³-hybridized carbons (Fsp3) is 0.500. The summed E-state index contributed by atoms with van der Waals surface area (Å²) < 4.78 is 11.3. The molecule has 15 heavy (non-hydrogen) atoms. The number of hydrogen-bond acceptors (Lipinski definition) is 3. The molecule has 2 unspecified atom stereocenters. The molecule has 3 nitrogen and oxygen atoms in total. The molecule has 2 atom stereocenters. The topological polar surface area (TPSA) is 44.5 Å². The molecule has 2 rings (SSSR count). The summed E-state index contributed by atoms with van der Waals surface area (Å²) >= 11 is 0. The Labute approximate surface area is 90.2 Å². The molecule has 3 heteroatoms. The molecule has 1 aliphatic rings. The molecule has 82 valence electrons. The third-order valence-corrected chi connectivity index (χ3v) is 2.70. The maximum absolute atomic E-state index is 5.69. The van der Waals surface area contributed by atoms with Crippen LogP contribution in [0.3, 0.4) is 0 Å². The highest BCUT2D eigenvalue weighted by Gasteiger charge is 2.27. The van der Waals surface area contributed by atoms with E-state index in [0.29, 0.717) is 13.2 Å². The van der Waals surface area contributed by atoms with Crippen molar-refractivity contribution >= 4 is 0 Å². The molecule has 0 spiro atoms. The predicted octanol–water partition coefficient (Wildman–Crippen LogP) is 1.68. The van der Waals surface area contributed by atoms with Gasteiger partial charge in [-0.2, -0.15) is 0 Å². The first kappa shape index (κ1) is 10.6. The quantitative estimate of drug-likeness (QED) is 0.802. The van der Waals surface area contributed by atoms with Crippen molar-refractivity contribution in [2.75, 3.05) is 13.2 Å². The summed E-state index contributed by atoms with van der Waals surface area (Å²) in [6.45, 7) is 5.24. The van der Waals surface area contributed by atoms with Crippen LogP contribution in [0.2, 0.25) is 0 Å². The minimum absolute atomic E-state index is 0.0370. The minimum Gasteiger partial charge on any atom is -0.346 e.